The summed E-state index contributed by atoms with van der Waals surface area (Å²) in [7, 11) is -7.86. The predicted octanol–water partition coefficient (Wildman–Crippen LogP) is -2.29. The number of imidazole rings is 2. The number of hydrogen-bond donors (Lipinski definition) is 5. The van der Waals surface area contributed by atoms with Gasteiger partial charge in [0, 0.05) is 0 Å². The highest BCUT2D eigenvalue weighted by Crippen LogP contribution is 2.58. The average molecular weight is 682 g/mol. The number of nitrogens with one attached hydrogen (secondary N) is 1. The number of rotatable bonds is 2. The number of nitrogen functional groups attached to an aromatic ring is 2. The molecule has 8 rings (SSSR count). The van der Waals surface area contributed by atoms with Gasteiger partial charge in [-0.05, 0) is 0 Å². The van der Waals surface area contributed by atoms with E-state index in [1.54, 1.807) is 0 Å². The number of nitrogens with two attached hydrogens (primary N) is 2. The summed E-state index contributed by atoms with van der Waals surface area (Å²) in [6, 6.07) is 0. The van der Waals surface area contributed by atoms with Gasteiger partial charge in [0.1, 0.15) is 48.0 Å². The lowest BCUT2D eigenvalue weighted by atomic mass is 10.0. The van der Waals surface area contributed by atoms with E-state index in [1.807, 2.05) is 0 Å². The maximum Gasteiger partial charge on any atom is 0.472 e. The number of phosphoric ester groups is 1. The summed E-state index contributed by atoms with van der Waals surface area (Å²) in [6.45, 7) is -1.38. The molecule has 0 saturated carbocycles. The summed E-state index contributed by atoms with van der Waals surface area (Å²) in [5.41, 5.74) is 9.88. The number of aromatic nitrogens is 8. The van der Waals surface area contributed by atoms with Gasteiger partial charge in [0.05, 0.1) is 32.5 Å². The van der Waals surface area contributed by atoms with Crippen molar-refractivity contribution in [1.29, 1.82) is 0 Å². The van der Waals surface area contributed by atoms with Gasteiger partial charge in [-0.3, -0.25) is 32.5 Å². The molecule has 8 heterocycles. The van der Waals surface area contributed by atoms with Crippen molar-refractivity contribution in [2.24, 2.45) is 0 Å². The van der Waals surface area contributed by atoms with Gasteiger partial charge in [-0.1, -0.05) is 0 Å². The van der Waals surface area contributed by atoms with Crippen LogP contribution in [0.25, 0.3) is 22.3 Å². The van der Waals surface area contributed by atoms with Crippen LogP contribution in [0.2, 0.25) is 0 Å². The number of hydrogen-bond acceptors (Lipinski definition) is 18. The molecule has 0 aromatic carbocycles. The Morgan fingerprint density at radius 2 is 1.76 bits per heavy atom. The summed E-state index contributed by atoms with van der Waals surface area (Å²) in [4.78, 5) is 46.0. The zero-order valence-electron chi connectivity index (χ0n) is 23.6. The van der Waals surface area contributed by atoms with Crippen molar-refractivity contribution in [3.8, 4) is 0 Å². The second kappa shape index (κ2) is 10.3. The minimum atomic E-state index is -4.93. The summed E-state index contributed by atoms with van der Waals surface area (Å²) in [5.74, 6) is -0.0990. The van der Waals surface area contributed by atoms with Gasteiger partial charge in [-0.2, -0.15) is 4.98 Å². The molecule has 0 amide bonds. The SMILES string of the molecule is BP1(=O)OCC23COC(C(n4cnc5c(N)ncnc54)O2)C3OP(=O)(O)OCC2OC(n3cnc4c(=O)[nH]c(N)nc43)C(O1)C2O. The van der Waals surface area contributed by atoms with Crippen molar-refractivity contribution in [2.75, 3.05) is 31.3 Å². The van der Waals surface area contributed by atoms with E-state index in [4.69, 9.17) is 43.8 Å². The minimum Gasteiger partial charge on any atom is -0.387 e. The Morgan fingerprint density at radius 1 is 1.00 bits per heavy atom. The van der Waals surface area contributed by atoms with Gasteiger partial charge >= 0.3 is 7.82 Å². The molecule has 10 unspecified atom stereocenters. The van der Waals surface area contributed by atoms with E-state index in [2.05, 4.69) is 29.9 Å². The van der Waals surface area contributed by atoms with Crippen LogP contribution in [0.1, 0.15) is 12.5 Å². The van der Waals surface area contributed by atoms with Crippen LogP contribution >= 0.6 is 15.3 Å². The number of aromatic amines is 1. The molecule has 0 radical (unpaired) electrons. The molecule has 0 spiro atoms. The highest BCUT2D eigenvalue weighted by atomic mass is 31.2. The molecule has 10 atom stereocenters. The molecule has 4 aromatic heterocycles. The van der Waals surface area contributed by atoms with E-state index >= 15 is 0 Å². The van der Waals surface area contributed by atoms with E-state index in [0.29, 0.717) is 5.65 Å². The normalized spacial score (nSPS) is 39.7. The lowest BCUT2D eigenvalue weighted by Gasteiger charge is -2.33. The second-order valence-corrected chi connectivity index (χ2v) is 14.6. The molecule has 4 saturated heterocycles. The fourth-order valence-electron chi connectivity index (χ4n) is 6.07. The first-order valence-corrected chi connectivity index (χ1v) is 17.2. The first-order valence-electron chi connectivity index (χ1n) is 13.7. The van der Waals surface area contributed by atoms with Crippen molar-refractivity contribution in [2.45, 2.75) is 48.6 Å². The molecule has 4 aliphatic rings. The van der Waals surface area contributed by atoms with Gasteiger partial charge in [-0.15, -0.1) is 0 Å². The van der Waals surface area contributed by atoms with Gasteiger partial charge in [0.15, 0.2) is 35.1 Å². The topological polar surface area (TPSA) is 298 Å². The summed E-state index contributed by atoms with van der Waals surface area (Å²) in [6.07, 6.45) is -5.14. The van der Waals surface area contributed by atoms with Gasteiger partial charge < -0.3 is 44.7 Å². The summed E-state index contributed by atoms with van der Waals surface area (Å²) < 4.78 is 70.7. The first-order chi connectivity index (χ1) is 21.8. The smallest absolute Gasteiger partial charge is 0.387 e. The van der Waals surface area contributed by atoms with E-state index in [1.165, 1.54) is 35.7 Å². The molecule has 4 bridgehead atoms. The predicted molar refractivity (Wildman–Crippen MR) is 152 cm³/mol. The number of nitrogens with zero attached hydrogens (tertiary/aromatic N) is 7. The highest BCUT2D eigenvalue weighted by molar-refractivity contribution is 7.79. The Labute approximate surface area is 256 Å². The minimum absolute atomic E-state index is 0.0296. The number of anilines is 2. The van der Waals surface area contributed by atoms with Gasteiger partial charge in [0.25, 0.3) is 20.6 Å². The molecular weight excluding hydrogens is 657 g/mol. The van der Waals surface area contributed by atoms with Crippen molar-refractivity contribution in [3.05, 3.63) is 29.3 Å². The van der Waals surface area contributed by atoms with Crippen LogP contribution in [0.5, 0.6) is 0 Å². The molecule has 25 heteroatoms. The Bertz CT molecular complexity index is 2030. The molecular formula is C21H25BN10O12P2. The molecule has 0 aliphatic carbocycles. The lowest BCUT2D eigenvalue weighted by Crippen LogP contribution is -2.46. The summed E-state index contributed by atoms with van der Waals surface area (Å²) >= 11 is 0. The molecule has 4 aliphatic heterocycles. The number of fused-ring (bicyclic) bond motifs is 4. The quantitative estimate of drug-likeness (QED) is 0.110. The fourth-order valence-corrected chi connectivity index (χ4v) is 8.25. The largest absolute Gasteiger partial charge is 0.472 e. The fraction of sp³-hybridized carbons (Fsp3) is 0.524. The average Bonchev–Trinajstić information content (AvgIpc) is 3.80. The zero-order valence-corrected chi connectivity index (χ0v) is 25.3. The molecule has 46 heavy (non-hydrogen) atoms. The number of phosphoric acid groups is 1. The van der Waals surface area contributed by atoms with Crippen LogP contribution in [0, 0.1) is 0 Å². The van der Waals surface area contributed by atoms with Gasteiger partial charge in [0.2, 0.25) is 5.95 Å². The molecule has 22 nitrogen and oxygen atoms in total. The summed E-state index contributed by atoms with van der Waals surface area (Å²) in [5, 5.41) is 11.2. The maximum atomic E-state index is 13.8. The van der Waals surface area contributed by atoms with Crippen LogP contribution in [0.3, 0.4) is 0 Å². The third-order valence-electron chi connectivity index (χ3n) is 8.18. The van der Waals surface area contributed by atoms with Crippen LogP contribution in [0.15, 0.2) is 23.8 Å². The van der Waals surface area contributed by atoms with Crippen molar-refractivity contribution in [3.63, 3.8) is 0 Å². The number of aliphatic hydroxyl groups is 1. The first kappa shape index (κ1) is 30.0. The highest BCUT2D eigenvalue weighted by Gasteiger charge is 2.66. The van der Waals surface area contributed by atoms with E-state index in [0.717, 1.165) is 0 Å². The Hall–Kier alpha value is -3.34. The van der Waals surface area contributed by atoms with Crippen molar-refractivity contribution >= 4 is 57.0 Å². The number of aliphatic hydroxyl groups excluding tert-OH is 1. The zero-order chi connectivity index (χ0) is 32.2. The lowest BCUT2D eigenvalue weighted by molar-refractivity contribution is -0.183. The van der Waals surface area contributed by atoms with Crippen LogP contribution in [0.4, 0.5) is 11.8 Å². The standard InChI is InChI=1S/C21H25BN10O12P2/c22-45(35)40-3-21-2-38-12(19(42-21)31-5-27-8-14(23)25-4-26-15(8)31)13(21)44-46(36,37)39-1-7-10(33)11(43-45)18(41-7)32-6-28-9-16(32)29-20(24)30-17(9)34/h4-7,10-13,18-19,33H,1-3,22H2,(H,36,37)(H2,23,25,26)(H3,24,29,30,34). The third kappa shape index (κ3) is 4.70. The monoisotopic (exact) mass is 682 g/mol. The van der Waals surface area contributed by atoms with Gasteiger partial charge in [-0.25, -0.2) is 24.5 Å². The molecule has 4 fully saturated rings. The second-order valence-electron chi connectivity index (χ2n) is 11.2. The molecule has 4 aromatic rings. The Morgan fingerprint density at radius 3 is 2.57 bits per heavy atom. The number of ether oxygens (including phenoxy) is 3. The Kier molecular flexibility index (Phi) is 6.74. The molecule has 244 valence electrons. The van der Waals surface area contributed by atoms with E-state index in [-0.39, 0.29) is 35.1 Å². The molecule has 7 N–H and O–H groups in total. The third-order valence-corrected chi connectivity index (χ3v) is 10.4. The maximum absolute atomic E-state index is 13.8. The van der Waals surface area contributed by atoms with Crippen molar-refractivity contribution in [1.82, 2.24) is 39.0 Å². The Balaban J connectivity index is 1.14. The van der Waals surface area contributed by atoms with E-state index < -0.39 is 82.6 Å². The van der Waals surface area contributed by atoms with Crippen LogP contribution in [-0.4, -0.2) is 113 Å². The van der Waals surface area contributed by atoms with Crippen LogP contribution in [-0.2, 0) is 41.4 Å². The van der Waals surface area contributed by atoms with E-state index in [9.17, 15) is 23.9 Å². The van der Waals surface area contributed by atoms with Crippen LogP contribution < -0.4 is 17.0 Å². The van der Waals surface area contributed by atoms with Crippen molar-refractivity contribution < 1.29 is 51.4 Å². The number of H-pyrrole nitrogens is 1.